The predicted molar refractivity (Wildman–Crippen MR) is 62.1 cm³/mol. The van der Waals surface area contributed by atoms with Crippen LogP contribution >= 0.6 is 11.3 Å². The highest BCUT2D eigenvalue weighted by molar-refractivity contribution is 7.09. The smallest absolute Gasteiger partial charge is 0.0850 e. The van der Waals surface area contributed by atoms with Gasteiger partial charge >= 0.3 is 0 Å². The van der Waals surface area contributed by atoms with Crippen molar-refractivity contribution in [1.82, 2.24) is 4.98 Å². The van der Waals surface area contributed by atoms with Gasteiger partial charge in [0, 0.05) is 24.1 Å². The number of hydrogen-bond donors (Lipinski definition) is 1. The average Bonchev–Trinajstić information content (AvgIpc) is 2.70. The Morgan fingerprint density at radius 2 is 2.33 bits per heavy atom. The van der Waals surface area contributed by atoms with Crippen molar-refractivity contribution in [2.45, 2.75) is 45.3 Å². The molecule has 0 aliphatic rings. The molecule has 86 valence electrons. The zero-order valence-electron chi connectivity index (χ0n) is 9.35. The first-order chi connectivity index (χ1) is 7.27. The first-order valence-electron chi connectivity index (χ1n) is 5.45. The topological polar surface area (TPSA) is 42.4 Å². The van der Waals surface area contributed by atoms with Crippen molar-refractivity contribution < 1.29 is 9.84 Å². The van der Waals surface area contributed by atoms with Crippen LogP contribution < -0.4 is 0 Å². The fraction of sp³-hybridized carbons (Fsp3) is 0.727. The van der Waals surface area contributed by atoms with Gasteiger partial charge in [0.05, 0.1) is 17.7 Å². The van der Waals surface area contributed by atoms with Gasteiger partial charge in [0.2, 0.25) is 0 Å². The maximum absolute atomic E-state index is 10.00. The van der Waals surface area contributed by atoms with E-state index in [0.717, 1.165) is 17.7 Å². The molecule has 1 rings (SSSR count). The van der Waals surface area contributed by atoms with Crippen LogP contribution in [0, 0.1) is 0 Å². The standard InChI is InChI=1S/C11H19NO2S/c1-3-5-11(14-4-2)10(13)6-9-7-12-8-15-9/h7-8,10-11,13H,3-6H2,1-2H3. The lowest BCUT2D eigenvalue weighted by molar-refractivity contribution is -0.0360. The van der Waals surface area contributed by atoms with Crippen LogP contribution in [0.5, 0.6) is 0 Å². The Bertz CT molecular complexity index is 245. The Labute approximate surface area is 95.1 Å². The molecule has 15 heavy (non-hydrogen) atoms. The lowest BCUT2D eigenvalue weighted by atomic mass is 10.1. The largest absolute Gasteiger partial charge is 0.390 e. The van der Waals surface area contributed by atoms with Gasteiger partial charge < -0.3 is 9.84 Å². The van der Waals surface area contributed by atoms with Crippen molar-refractivity contribution in [3.05, 3.63) is 16.6 Å². The third-order valence-electron chi connectivity index (χ3n) is 2.28. The lowest BCUT2D eigenvalue weighted by Crippen LogP contribution is -2.30. The zero-order chi connectivity index (χ0) is 11.1. The summed E-state index contributed by atoms with van der Waals surface area (Å²) >= 11 is 1.58. The first kappa shape index (κ1) is 12.6. The van der Waals surface area contributed by atoms with Gasteiger partial charge in [-0.05, 0) is 13.3 Å². The van der Waals surface area contributed by atoms with Gasteiger partial charge in [0.15, 0.2) is 0 Å². The highest BCUT2D eigenvalue weighted by Crippen LogP contribution is 2.15. The third kappa shape index (κ3) is 4.28. The van der Waals surface area contributed by atoms with Crippen LogP contribution in [0.25, 0.3) is 0 Å². The van der Waals surface area contributed by atoms with Crippen LogP contribution in [0.1, 0.15) is 31.6 Å². The van der Waals surface area contributed by atoms with Gasteiger partial charge in [-0.25, -0.2) is 0 Å². The molecule has 4 heteroatoms. The molecule has 2 unspecified atom stereocenters. The number of aromatic nitrogens is 1. The van der Waals surface area contributed by atoms with E-state index in [2.05, 4.69) is 11.9 Å². The Hall–Kier alpha value is -0.450. The van der Waals surface area contributed by atoms with E-state index in [0.29, 0.717) is 13.0 Å². The van der Waals surface area contributed by atoms with Crippen molar-refractivity contribution in [1.29, 1.82) is 0 Å². The van der Waals surface area contributed by atoms with E-state index < -0.39 is 6.10 Å². The summed E-state index contributed by atoms with van der Waals surface area (Å²) in [6.07, 6.45) is 3.95. The summed E-state index contributed by atoms with van der Waals surface area (Å²) in [7, 11) is 0. The molecule has 1 N–H and O–H groups in total. The minimum absolute atomic E-state index is 0.0397. The number of thiazole rings is 1. The van der Waals surface area contributed by atoms with E-state index in [1.54, 1.807) is 16.8 Å². The Kier molecular flexibility index (Phi) is 5.83. The second kappa shape index (κ2) is 6.93. The van der Waals surface area contributed by atoms with Gasteiger partial charge in [-0.2, -0.15) is 0 Å². The minimum atomic E-state index is -0.412. The minimum Gasteiger partial charge on any atom is -0.390 e. The van der Waals surface area contributed by atoms with E-state index in [-0.39, 0.29) is 6.10 Å². The highest BCUT2D eigenvalue weighted by Gasteiger charge is 2.19. The summed E-state index contributed by atoms with van der Waals surface area (Å²) in [5, 5.41) is 10.00. The molecule has 0 fully saturated rings. The molecule has 1 aromatic heterocycles. The van der Waals surface area contributed by atoms with Crippen LogP contribution in [0.2, 0.25) is 0 Å². The van der Waals surface area contributed by atoms with Crippen molar-refractivity contribution >= 4 is 11.3 Å². The summed E-state index contributed by atoms with van der Waals surface area (Å²) in [6.45, 7) is 4.72. The Morgan fingerprint density at radius 1 is 1.53 bits per heavy atom. The number of aliphatic hydroxyl groups excluding tert-OH is 1. The third-order valence-corrected chi connectivity index (χ3v) is 3.08. The zero-order valence-corrected chi connectivity index (χ0v) is 10.2. The molecule has 0 aliphatic heterocycles. The molecule has 1 aromatic rings. The number of hydrogen-bond acceptors (Lipinski definition) is 4. The van der Waals surface area contributed by atoms with E-state index in [1.165, 1.54) is 0 Å². The highest BCUT2D eigenvalue weighted by atomic mass is 32.1. The molecular formula is C11H19NO2S. The van der Waals surface area contributed by atoms with E-state index in [1.807, 2.05) is 13.1 Å². The van der Waals surface area contributed by atoms with Crippen molar-refractivity contribution in [2.24, 2.45) is 0 Å². The summed E-state index contributed by atoms with van der Waals surface area (Å²) in [5.74, 6) is 0. The predicted octanol–water partition coefficient (Wildman–Crippen LogP) is 2.25. The molecule has 0 bridgehead atoms. The van der Waals surface area contributed by atoms with Gasteiger partial charge in [-0.3, -0.25) is 4.98 Å². The average molecular weight is 229 g/mol. The van der Waals surface area contributed by atoms with Crippen molar-refractivity contribution in [3.63, 3.8) is 0 Å². The quantitative estimate of drug-likeness (QED) is 0.779. The molecule has 0 saturated carbocycles. The molecule has 0 amide bonds. The SMILES string of the molecule is CCCC(OCC)C(O)Cc1cncs1. The lowest BCUT2D eigenvalue weighted by Gasteiger charge is -2.21. The molecule has 0 aliphatic carbocycles. The normalized spacial score (nSPS) is 15.1. The van der Waals surface area contributed by atoms with Crippen LogP contribution in [-0.4, -0.2) is 28.9 Å². The number of nitrogens with zero attached hydrogens (tertiary/aromatic N) is 1. The summed E-state index contributed by atoms with van der Waals surface area (Å²) < 4.78 is 5.53. The second-order valence-corrected chi connectivity index (χ2v) is 4.49. The van der Waals surface area contributed by atoms with Gasteiger partial charge in [0.1, 0.15) is 0 Å². The van der Waals surface area contributed by atoms with E-state index in [9.17, 15) is 5.11 Å². The van der Waals surface area contributed by atoms with Gasteiger partial charge in [-0.15, -0.1) is 11.3 Å². The van der Waals surface area contributed by atoms with Crippen LogP contribution in [0.3, 0.4) is 0 Å². The van der Waals surface area contributed by atoms with Crippen molar-refractivity contribution in [3.8, 4) is 0 Å². The molecule has 0 aromatic carbocycles. The van der Waals surface area contributed by atoms with Crippen LogP contribution in [-0.2, 0) is 11.2 Å². The fourth-order valence-corrected chi connectivity index (χ4v) is 2.21. The number of ether oxygens (including phenoxy) is 1. The first-order valence-corrected chi connectivity index (χ1v) is 6.32. The maximum atomic E-state index is 10.00. The molecule has 1 heterocycles. The Balaban J connectivity index is 2.44. The molecule has 0 saturated heterocycles. The molecule has 2 atom stereocenters. The van der Waals surface area contributed by atoms with Crippen LogP contribution in [0.15, 0.2) is 11.7 Å². The van der Waals surface area contributed by atoms with Crippen LogP contribution in [0.4, 0.5) is 0 Å². The number of aliphatic hydroxyl groups is 1. The van der Waals surface area contributed by atoms with Crippen molar-refractivity contribution in [2.75, 3.05) is 6.61 Å². The van der Waals surface area contributed by atoms with E-state index >= 15 is 0 Å². The fourth-order valence-electron chi connectivity index (χ4n) is 1.57. The monoisotopic (exact) mass is 229 g/mol. The molecule has 0 radical (unpaired) electrons. The summed E-state index contributed by atoms with van der Waals surface area (Å²) in [6, 6.07) is 0. The Morgan fingerprint density at radius 3 is 2.87 bits per heavy atom. The molecular weight excluding hydrogens is 210 g/mol. The maximum Gasteiger partial charge on any atom is 0.0850 e. The second-order valence-electron chi connectivity index (χ2n) is 3.52. The molecule has 3 nitrogen and oxygen atoms in total. The van der Waals surface area contributed by atoms with Gasteiger partial charge in [0.25, 0.3) is 0 Å². The van der Waals surface area contributed by atoms with Gasteiger partial charge in [-0.1, -0.05) is 13.3 Å². The molecule has 0 spiro atoms. The summed E-state index contributed by atoms with van der Waals surface area (Å²) in [4.78, 5) is 5.11. The number of rotatable bonds is 7. The summed E-state index contributed by atoms with van der Waals surface area (Å²) in [5.41, 5.74) is 1.79. The van der Waals surface area contributed by atoms with E-state index in [4.69, 9.17) is 4.74 Å².